The average Bonchev–Trinajstić information content (AvgIpc) is 2.93. The Kier molecular flexibility index (Phi) is 7.63. The third kappa shape index (κ3) is 5.51. The molecule has 1 unspecified atom stereocenters. The first-order chi connectivity index (χ1) is 18.4. The molecule has 3 aromatic carbocycles. The lowest BCUT2D eigenvalue weighted by Gasteiger charge is -2.47. The third-order valence-corrected chi connectivity index (χ3v) is 8.61. The number of carbonyl (C=O) groups excluding carboxylic acids is 1. The van der Waals surface area contributed by atoms with Gasteiger partial charge in [0, 0.05) is 31.5 Å². The van der Waals surface area contributed by atoms with E-state index in [1.807, 2.05) is 36.2 Å². The Morgan fingerprint density at radius 2 is 1.63 bits per heavy atom. The lowest BCUT2D eigenvalue weighted by atomic mass is 9.88. The van der Waals surface area contributed by atoms with Crippen LogP contribution in [0.1, 0.15) is 58.8 Å². The maximum absolute atomic E-state index is 13.6. The maximum atomic E-state index is 13.6. The zero-order chi connectivity index (χ0) is 26.7. The molecule has 0 N–H and O–H groups in total. The van der Waals surface area contributed by atoms with Crippen molar-refractivity contribution in [1.82, 2.24) is 10.0 Å². The number of nitrogens with zero attached hydrogens (tertiary/aromatic N) is 3. The first-order valence-electron chi connectivity index (χ1n) is 13.1. The van der Waals surface area contributed by atoms with Crippen molar-refractivity contribution in [3.05, 3.63) is 95.1 Å². The van der Waals surface area contributed by atoms with Crippen molar-refractivity contribution in [3.63, 3.8) is 0 Å². The molecule has 0 aromatic heterocycles. The molecule has 2 heterocycles. The van der Waals surface area contributed by atoms with E-state index < -0.39 is 10.0 Å². The van der Waals surface area contributed by atoms with Crippen molar-refractivity contribution in [1.29, 1.82) is 0 Å². The highest BCUT2D eigenvalue weighted by atomic mass is 32.2. The number of fused-ring (bicyclic) bond motifs is 1. The van der Waals surface area contributed by atoms with Crippen molar-refractivity contribution < 1.29 is 17.9 Å². The summed E-state index contributed by atoms with van der Waals surface area (Å²) in [4.78, 5) is 13.7. The molecular weight excluding hydrogens is 498 g/mol. The van der Waals surface area contributed by atoms with Crippen molar-refractivity contribution >= 4 is 21.6 Å². The highest BCUT2D eigenvalue weighted by Crippen LogP contribution is 2.37. The minimum Gasteiger partial charge on any atom is -0.497 e. The van der Waals surface area contributed by atoms with Crippen molar-refractivity contribution in [2.24, 2.45) is 4.40 Å². The van der Waals surface area contributed by atoms with Crippen LogP contribution in [0.2, 0.25) is 0 Å². The summed E-state index contributed by atoms with van der Waals surface area (Å²) in [6.07, 6.45) is 3.73. The molecule has 38 heavy (non-hydrogen) atoms. The van der Waals surface area contributed by atoms with E-state index >= 15 is 0 Å². The van der Waals surface area contributed by atoms with Gasteiger partial charge in [0.2, 0.25) is 0 Å². The Bertz CT molecular complexity index is 1430. The van der Waals surface area contributed by atoms with Crippen LogP contribution in [-0.4, -0.2) is 50.3 Å². The Labute approximate surface area is 224 Å². The molecule has 1 saturated heterocycles. The standard InChI is InChI=1S/C30H33N3O4S/c1-22-10-16-26(17-11-22)38(35,36)31-30-20-24-8-4-5-9-27(24)28(33(30)32-18-6-3-7-19-32)21-29(34)23-12-14-25(37-2)15-13-23/h4-5,8-17,28H,3,6-7,18-21H2,1-2H3/b31-30+. The number of amidine groups is 1. The summed E-state index contributed by atoms with van der Waals surface area (Å²) >= 11 is 0. The molecule has 0 radical (unpaired) electrons. The lowest BCUT2D eigenvalue weighted by molar-refractivity contribution is -0.0150. The van der Waals surface area contributed by atoms with Gasteiger partial charge < -0.3 is 4.74 Å². The number of hydrogen-bond donors (Lipinski definition) is 0. The van der Waals surface area contributed by atoms with E-state index in [9.17, 15) is 13.2 Å². The number of Topliss-reactive ketones (excluding diaryl/α,β-unsaturated/α-hetero) is 1. The molecule has 198 valence electrons. The molecule has 0 aliphatic carbocycles. The van der Waals surface area contributed by atoms with Gasteiger partial charge in [-0.1, -0.05) is 48.4 Å². The van der Waals surface area contributed by atoms with Gasteiger partial charge in [-0.05, 0) is 67.3 Å². The Morgan fingerprint density at radius 3 is 2.32 bits per heavy atom. The minimum atomic E-state index is -3.94. The Balaban J connectivity index is 1.58. The zero-order valence-electron chi connectivity index (χ0n) is 21.8. The van der Waals surface area contributed by atoms with Crippen LogP contribution in [0.5, 0.6) is 5.75 Å². The zero-order valence-corrected chi connectivity index (χ0v) is 22.7. The number of methoxy groups -OCH3 is 1. The minimum absolute atomic E-state index is 0.0166. The van der Waals surface area contributed by atoms with Gasteiger partial charge in [0.25, 0.3) is 10.0 Å². The van der Waals surface area contributed by atoms with E-state index in [1.54, 1.807) is 55.6 Å². The molecule has 5 rings (SSSR count). The van der Waals surface area contributed by atoms with E-state index in [-0.39, 0.29) is 23.1 Å². The molecule has 0 bridgehead atoms. The van der Waals surface area contributed by atoms with Gasteiger partial charge in [-0.2, -0.15) is 8.42 Å². The SMILES string of the molecule is COc1ccc(C(=O)CC2c3ccccc3C/C(=N\S(=O)(=O)c3ccc(C)cc3)N2N2CCCCC2)cc1. The number of ketones is 1. The number of piperidine rings is 1. The number of ether oxygens (including phenoxy) is 1. The number of hydrogen-bond acceptors (Lipinski definition) is 5. The van der Waals surface area contributed by atoms with Crippen LogP contribution < -0.4 is 4.74 Å². The second-order valence-electron chi connectivity index (χ2n) is 9.90. The van der Waals surface area contributed by atoms with Crippen LogP contribution in [0.4, 0.5) is 0 Å². The second kappa shape index (κ2) is 11.1. The fourth-order valence-electron chi connectivity index (χ4n) is 5.28. The summed E-state index contributed by atoms with van der Waals surface area (Å²) in [6, 6.07) is 21.5. The highest BCUT2D eigenvalue weighted by molar-refractivity contribution is 7.90. The molecule has 3 aromatic rings. The predicted octanol–water partition coefficient (Wildman–Crippen LogP) is 5.36. The van der Waals surface area contributed by atoms with Gasteiger partial charge in [0.05, 0.1) is 18.0 Å². The number of sulfonamides is 1. The lowest BCUT2D eigenvalue weighted by Crippen LogP contribution is -2.53. The van der Waals surface area contributed by atoms with Crippen LogP contribution in [0.25, 0.3) is 0 Å². The van der Waals surface area contributed by atoms with Crippen LogP contribution in [0, 0.1) is 6.92 Å². The number of benzene rings is 3. The fraction of sp³-hybridized carbons (Fsp3) is 0.333. The molecule has 1 fully saturated rings. The molecule has 1 atom stereocenters. The first kappa shape index (κ1) is 26.1. The van der Waals surface area contributed by atoms with E-state index in [0.29, 0.717) is 23.6 Å². The van der Waals surface area contributed by atoms with Gasteiger partial charge in [0.15, 0.2) is 5.78 Å². The van der Waals surface area contributed by atoms with Crippen LogP contribution in [-0.2, 0) is 16.4 Å². The second-order valence-corrected chi connectivity index (χ2v) is 11.5. The summed E-state index contributed by atoms with van der Waals surface area (Å²) in [5.74, 6) is 1.13. The molecule has 0 saturated carbocycles. The van der Waals surface area contributed by atoms with Gasteiger partial charge in [-0.15, -0.1) is 4.40 Å². The van der Waals surface area contributed by atoms with Gasteiger partial charge >= 0.3 is 0 Å². The van der Waals surface area contributed by atoms with Gasteiger partial charge in [0.1, 0.15) is 11.6 Å². The summed E-state index contributed by atoms with van der Waals surface area (Å²) in [5.41, 5.74) is 3.60. The van der Waals surface area contributed by atoms with E-state index in [0.717, 1.165) is 49.0 Å². The fourth-order valence-corrected chi connectivity index (χ4v) is 6.29. The van der Waals surface area contributed by atoms with Crippen molar-refractivity contribution in [2.45, 2.75) is 50.0 Å². The quantitative estimate of drug-likeness (QED) is 0.382. The summed E-state index contributed by atoms with van der Waals surface area (Å²) < 4.78 is 36.6. The van der Waals surface area contributed by atoms with E-state index in [4.69, 9.17) is 4.74 Å². The summed E-state index contributed by atoms with van der Waals surface area (Å²) in [7, 11) is -2.35. The monoisotopic (exact) mass is 531 g/mol. The largest absolute Gasteiger partial charge is 0.497 e. The molecule has 0 spiro atoms. The normalized spacial score (nSPS) is 19.3. The van der Waals surface area contributed by atoms with Crippen LogP contribution >= 0.6 is 0 Å². The number of aryl methyl sites for hydroxylation is 1. The van der Waals surface area contributed by atoms with Gasteiger partial charge in [-0.25, -0.2) is 5.01 Å². The molecule has 2 aliphatic heterocycles. The maximum Gasteiger partial charge on any atom is 0.283 e. The predicted molar refractivity (Wildman–Crippen MR) is 148 cm³/mol. The number of rotatable bonds is 7. The topological polar surface area (TPSA) is 79.3 Å². The van der Waals surface area contributed by atoms with E-state index in [2.05, 4.69) is 9.41 Å². The summed E-state index contributed by atoms with van der Waals surface area (Å²) in [5, 5.41) is 4.20. The van der Waals surface area contributed by atoms with Crippen LogP contribution in [0.15, 0.2) is 82.1 Å². The smallest absolute Gasteiger partial charge is 0.283 e. The molecule has 8 heteroatoms. The highest BCUT2D eigenvalue weighted by Gasteiger charge is 2.37. The summed E-state index contributed by atoms with van der Waals surface area (Å²) in [6.45, 7) is 3.50. The Hall–Kier alpha value is -3.49. The van der Waals surface area contributed by atoms with Crippen molar-refractivity contribution in [3.8, 4) is 5.75 Å². The molecule has 7 nitrogen and oxygen atoms in total. The number of hydrazine groups is 1. The molecular formula is C30H33N3O4S. The average molecular weight is 532 g/mol. The Morgan fingerprint density at radius 1 is 0.947 bits per heavy atom. The first-order valence-corrected chi connectivity index (χ1v) is 14.5. The van der Waals surface area contributed by atoms with E-state index in [1.165, 1.54) is 0 Å². The van der Waals surface area contributed by atoms with Gasteiger partial charge in [-0.3, -0.25) is 9.80 Å². The molecule has 2 aliphatic rings. The molecule has 0 amide bonds. The number of carbonyl (C=O) groups is 1. The van der Waals surface area contributed by atoms with Crippen LogP contribution in [0.3, 0.4) is 0 Å². The van der Waals surface area contributed by atoms with Crippen molar-refractivity contribution in [2.75, 3.05) is 20.2 Å². The third-order valence-electron chi connectivity index (χ3n) is 7.29.